The fraction of sp³-hybridized carbons (Fsp3) is 0.647. The first kappa shape index (κ1) is 19.7. The summed E-state index contributed by atoms with van der Waals surface area (Å²) in [5.41, 5.74) is 1.00. The summed E-state index contributed by atoms with van der Waals surface area (Å²) in [4.78, 5) is 0.185. The van der Waals surface area contributed by atoms with Crippen molar-refractivity contribution in [1.29, 1.82) is 0 Å². The van der Waals surface area contributed by atoms with E-state index in [0.717, 1.165) is 12.0 Å². The van der Waals surface area contributed by atoms with Crippen LogP contribution in [0.2, 0.25) is 0 Å². The molecule has 0 aromatic heterocycles. The van der Waals surface area contributed by atoms with Gasteiger partial charge in [-0.15, -0.1) is 4.72 Å². The van der Waals surface area contributed by atoms with Gasteiger partial charge in [0.05, 0.1) is 17.5 Å². The number of rotatable bonds is 7. The summed E-state index contributed by atoms with van der Waals surface area (Å²) in [6, 6.07) is 6.70. The van der Waals surface area contributed by atoms with Crippen molar-refractivity contribution in [2.75, 3.05) is 6.61 Å². The van der Waals surface area contributed by atoms with E-state index in [2.05, 4.69) is 4.72 Å². The Balaban J connectivity index is 1.83. The van der Waals surface area contributed by atoms with Crippen molar-refractivity contribution in [1.82, 2.24) is 4.72 Å². The van der Waals surface area contributed by atoms with Crippen molar-refractivity contribution in [2.45, 2.75) is 56.7 Å². The molecule has 1 saturated carbocycles. The van der Waals surface area contributed by atoms with Crippen LogP contribution in [0, 0.1) is 18.8 Å². The molecular formula is C17H27NO4S2. The lowest BCUT2D eigenvalue weighted by molar-refractivity contribution is 0.290. The Bertz CT molecular complexity index is 652. The monoisotopic (exact) mass is 373 g/mol. The molecule has 0 spiro atoms. The molecule has 0 bridgehead atoms. The first-order valence-electron chi connectivity index (χ1n) is 8.15. The van der Waals surface area contributed by atoms with Crippen LogP contribution in [0.1, 0.15) is 39.7 Å². The zero-order valence-corrected chi connectivity index (χ0v) is 16.5. The minimum absolute atomic E-state index is 0.0701. The molecule has 1 fully saturated rings. The summed E-state index contributed by atoms with van der Waals surface area (Å²) in [6.07, 6.45) is 0.888. The maximum absolute atomic E-state index is 12.2. The molecule has 24 heavy (non-hydrogen) atoms. The zero-order valence-electron chi connectivity index (χ0n) is 14.9. The third-order valence-corrected chi connectivity index (χ3v) is 7.21. The van der Waals surface area contributed by atoms with Crippen LogP contribution in [0.15, 0.2) is 29.2 Å². The quantitative estimate of drug-likeness (QED) is 0.587. The molecule has 7 heteroatoms. The molecule has 0 radical (unpaired) electrons. The van der Waals surface area contributed by atoms with E-state index in [4.69, 9.17) is 4.18 Å². The van der Waals surface area contributed by atoms with Gasteiger partial charge in [0.2, 0.25) is 0 Å². The molecule has 1 unspecified atom stereocenters. The van der Waals surface area contributed by atoms with Gasteiger partial charge in [0, 0.05) is 11.4 Å². The van der Waals surface area contributed by atoms with Gasteiger partial charge in [-0.1, -0.05) is 17.7 Å². The van der Waals surface area contributed by atoms with Gasteiger partial charge in [-0.2, -0.15) is 8.42 Å². The minimum Gasteiger partial charge on any atom is -0.598 e. The molecule has 2 rings (SSSR count). The van der Waals surface area contributed by atoms with E-state index in [-0.39, 0.29) is 28.2 Å². The summed E-state index contributed by atoms with van der Waals surface area (Å²) in [5.74, 6) is 0.481. The predicted molar refractivity (Wildman–Crippen MR) is 96.4 cm³/mol. The maximum Gasteiger partial charge on any atom is 0.296 e. The summed E-state index contributed by atoms with van der Waals surface area (Å²) >= 11 is -1.13. The van der Waals surface area contributed by atoms with E-state index in [1.165, 1.54) is 0 Å². The van der Waals surface area contributed by atoms with Crippen molar-refractivity contribution in [3.63, 3.8) is 0 Å². The Morgan fingerprint density at radius 1 is 1.33 bits per heavy atom. The zero-order chi connectivity index (χ0) is 18.1. The predicted octanol–water partition coefficient (Wildman–Crippen LogP) is 2.78. The van der Waals surface area contributed by atoms with Gasteiger partial charge in [-0.25, -0.2) is 0 Å². The topological polar surface area (TPSA) is 78.5 Å². The van der Waals surface area contributed by atoms with E-state index in [0.29, 0.717) is 5.92 Å². The van der Waals surface area contributed by atoms with Crippen LogP contribution in [0.3, 0.4) is 0 Å². The molecule has 4 atom stereocenters. The van der Waals surface area contributed by atoms with Crippen LogP contribution in [0.25, 0.3) is 0 Å². The highest BCUT2D eigenvalue weighted by atomic mass is 32.2. The van der Waals surface area contributed by atoms with Crippen LogP contribution in [0.4, 0.5) is 0 Å². The van der Waals surface area contributed by atoms with Gasteiger partial charge in [-0.3, -0.25) is 4.18 Å². The van der Waals surface area contributed by atoms with Crippen LogP contribution in [-0.2, 0) is 25.7 Å². The molecule has 0 aliphatic heterocycles. The van der Waals surface area contributed by atoms with Crippen LogP contribution < -0.4 is 4.72 Å². The van der Waals surface area contributed by atoms with Gasteiger partial charge in [0.1, 0.15) is 4.75 Å². The molecule has 0 saturated heterocycles. The number of nitrogens with one attached hydrogen (secondary N) is 1. The summed E-state index contributed by atoms with van der Waals surface area (Å²) in [6.45, 7) is 9.83. The summed E-state index contributed by atoms with van der Waals surface area (Å²) in [5, 5.41) is 0. The molecule has 136 valence electrons. The average Bonchev–Trinajstić information content (AvgIpc) is 3.24. The highest BCUT2D eigenvalue weighted by molar-refractivity contribution is 7.90. The Morgan fingerprint density at radius 3 is 2.46 bits per heavy atom. The summed E-state index contributed by atoms with van der Waals surface area (Å²) in [7, 11) is -3.71. The highest BCUT2D eigenvalue weighted by Gasteiger charge is 2.44. The van der Waals surface area contributed by atoms with Crippen molar-refractivity contribution >= 4 is 21.5 Å². The van der Waals surface area contributed by atoms with E-state index in [1.807, 2.05) is 34.6 Å². The largest absolute Gasteiger partial charge is 0.598 e. The van der Waals surface area contributed by atoms with Crippen molar-refractivity contribution in [3.8, 4) is 0 Å². The van der Waals surface area contributed by atoms with Gasteiger partial charge >= 0.3 is 0 Å². The molecular weight excluding hydrogens is 346 g/mol. The van der Waals surface area contributed by atoms with Gasteiger partial charge in [0.15, 0.2) is 0 Å². The van der Waals surface area contributed by atoms with Gasteiger partial charge in [-0.05, 0) is 65.0 Å². The highest BCUT2D eigenvalue weighted by Crippen LogP contribution is 2.42. The number of hydrogen-bond acceptors (Lipinski definition) is 5. The Morgan fingerprint density at radius 2 is 1.92 bits per heavy atom. The average molecular weight is 374 g/mol. The van der Waals surface area contributed by atoms with Gasteiger partial charge in [0.25, 0.3) is 10.1 Å². The maximum atomic E-state index is 12.2. The van der Waals surface area contributed by atoms with E-state index in [1.54, 1.807) is 24.3 Å². The SMILES string of the molecule is Cc1ccc(S(=O)(=O)OC[C@@H]2C[C@H]2[C@H](C)N[S+]([O-])C(C)(C)C)cc1. The van der Waals surface area contributed by atoms with Gasteiger partial charge < -0.3 is 4.55 Å². The molecule has 0 amide bonds. The smallest absolute Gasteiger partial charge is 0.296 e. The second-order valence-electron chi connectivity index (χ2n) is 7.50. The van der Waals surface area contributed by atoms with Crippen molar-refractivity contribution in [3.05, 3.63) is 29.8 Å². The second-order valence-corrected chi connectivity index (χ2v) is 11.1. The molecule has 1 aliphatic rings. The lowest BCUT2D eigenvalue weighted by atomic mass is 10.2. The van der Waals surface area contributed by atoms with E-state index in [9.17, 15) is 13.0 Å². The number of aryl methyl sites for hydroxylation is 1. The van der Waals surface area contributed by atoms with Crippen LogP contribution in [-0.4, -0.2) is 30.4 Å². The molecule has 0 heterocycles. The normalized spacial score (nSPS) is 23.8. The fourth-order valence-electron chi connectivity index (χ4n) is 2.46. The summed E-state index contributed by atoms with van der Waals surface area (Å²) < 4.78 is 44.5. The Hall–Kier alpha value is -0.600. The third kappa shape index (κ3) is 5.20. The standard InChI is InChI=1S/C17H27NO4S2/c1-12-6-8-15(9-7-12)24(20,21)22-11-14-10-16(14)13(2)18-23(19)17(3,4)5/h6-9,13-14,16,18H,10-11H2,1-5H3/t13-,14-,16-,23?/m0/s1. The van der Waals surface area contributed by atoms with Crippen LogP contribution in [0.5, 0.6) is 0 Å². The van der Waals surface area contributed by atoms with E-state index >= 15 is 0 Å². The van der Waals surface area contributed by atoms with Crippen molar-refractivity contribution in [2.24, 2.45) is 11.8 Å². The van der Waals surface area contributed by atoms with E-state index < -0.39 is 21.5 Å². The number of hydrogen-bond donors (Lipinski definition) is 1. The molecule has 5 nitrogen and oxygen atoms in total. The molecule has 1 N–H and O–H groups in total. The third-order valence-electron chi connectivity index (χ3n) is 4.22. The van der Waals surface area contributed by atoms with Crippen molar-refractivity contribution < 1.29 is 17.2 Å². The fourth-order valence-corrected chi connectivity index (χ4v) is 4.28. The van der Waals surface area contributed by atoms with Crippen LogP contribution >= 0.6 is 0 Å². The Kier molecular flexibility index (Phi) is 6.03. The first-order valence-corrected chi connectivity index (χ1v) is 10.7. The lowest BCUT2D eigenvalue weighted by Crippen LogP contribution is -2.44. The lowest BCUT2D eigenvalue weighted by Gasteiger charge is -2.26. The first-order chi connectivity index (χ1) is 11.0. The molecule has 1 aromatic carbocycles. The Labute approximate surface area is 148 Å². The molecule has 1 aliphatic carbocycles. The minimum atomic E-state index is -3.71. The second kappa shape index (κ2) is 7.33. The molecule has 1 aromatic rings. The number of benzene rings is 1.